The van der Waals surface area contributed by atoms with Crippen LogP contribution in [0.2, 0.25) is 0 Å². The highest BCUT2D eigenvalue weighted by molar-refractivity contribution is 6.11. The third kappa shape index (κ3) is 1.79. The van der Waals surface area contributed by atoms with E-state index < -0.39 is 0 Å². The minimum Gasteiger partial charge on any atom is -0.383 e. The van der Waals surface area contributed by atoms with Gasteiger partial charge in [0.2, 0.25) is 5.95 Å². The van der Waals surface area contributed by atoms with Crippen molar-refractivity contribution in [1.82, 2.24) is 15.0 Å². The molecule has 4 aromatic rings. The number of aromatic nitrogens is 3. The predicted octanol–water partition coefficient (Wildman–Crippen LogP) is 2.94. The van der Waals surface area contributed by atoms with E-state index >= 15 is 0 Å². The van der Waals surface area contributed by atoms with Crippen LogP contribution in [-0.2, 0) is 0 Å². The quantitative estimate of drug-likeness (QED) is 0.498. The minimum absolute atomic E-state index is 0.193. The first-order chi connectivity index (χ1) is 10.2. The van der Waals surface area contributed by atoms with E-state index in [1.165, 1.54) is 0 Å². The maximum atomic E-state index is 6.03. The topological polar surface area (TPSA) is 93.6 Å². The number of hydrogen-bond donors (Lipinski definition) is 3. The van der Waals surface area contributed by atoms with Gasteiger partial charge in [-0.1, -0.05) is 30.3 Å². The van der Waals surface area contributed by atoms with E-state index in [2.05, 4.69) is 33.2 Å². The molecule has 0 saturated carbocycles. The number of aromatic amines is 1. The Kier molecular flexibility index (Phi) is 2.35. The first-order valence-electron chi connectivity index (χ1n) is 6.62. The van der Waals surface area contributed by atoms with E-state index in [0.717, 1.165) is 33.1 Å². The summed E-state index contributed by atoms with van der Waals surface area (Å²) in [4.78, 5) is 11.7. The number of fused-ring (bicyclic) bond motifs is 3. The molecule has 0 radical (unpaired) electrons. The van der Waals surface area contributed by atoms with Gasteiger partial charge in [-0.05, 0) is 23.8 Å². The van der Waals surface area contributed by atoms with Crippen LogP contribution in [-0.4, -0.2) is 15.0 Å². The summed E-state index contributed by atoms with van der Waals surface area (Å²) in [6.07, 6.45) is 0. The lowest BCUT2D eigenvalue weighted by Crippen LogP contribution is -2.00. The molecule has 0 spiro atoms. The fourth-order valence-corrected chi connectivity index (χ4v) is 2.66. The number of H-pyrrole nitrogens is 1. The highest BCUT2D eigenvalue weighted by Gasteiger charge is 2.11. The van der Waals surface area contributed by atoms with Gasteiger partial charge in [0.15, 0.2) is 0 Å². The molecule has 102 valence electrons. The average molecular weight is 275 g/mol. The molecule has 0 saturated heterocycles. The first-order valence-corrected chi connectivity index (χ1v) is 6.62. The highest BCUT2D eigenvalue weighted by Crippen LogP contribution is 2.31. The lowest BCUT2D eigenvalue weighted by atomic mass is 10.1. The maximum absolute atomic E-state index is 6.03. The van der Waals surface area contributed by atoms with Crippen molar-refractivity contribution < 1.29 is 0 Å². The Labute approximate surface area is 120 Å². The molecule has 4 rings (SSSR count). The molecule has 5 heteroatoms. The number of nitrogens with two attached hydrogens (primary N) is 2. The Balaban J connectivity index is 2.06. The van der Waals surface area contributed by atoms with Crippen LogP contribution in [0.15, 0.2) is 48.5 Å². The fourth-order valence-electron chi connectivity index (χ4n) is 2.66. The number of anilines is 2. The van der Waals surface area contributed by atoms with Crippen molar-refractivity contribution in [2.45, 2.75) is 0 Å². The van der Waals surface area contributed by atoms with Crippen LogP contribution in [0.25, 0.3) is 33.1 Å². The zero-order valence-electron chi connectivity index (χ0n) is 11.2. The molecule has 0 atom stereocenters. The van der Waals surface area contributed by atoms with Crippen LogP contribution in [0, 0.1) is 0 Å². The zero-order chi connectivity index (χ0) is 14.4. The van der Waals surface area contributed by atoms with Gasteiger partial charge in [-0.25, -0.2) is 4.98 Å². The van der Waals surface area contributed by atoms with Gasteiger partial charge in [-0.2, -0.15) is 4.98 Å². The molecule has 0 amide bonds. The Hall–Kier alpha value is -3.08. The molecule has 0 aliphatic carbocycles. The Morgan fingerprint density at radius 2 is 1.71 bits per heavy atom. The average Bonchev–Trinajstić information content (AvgIpc) is 2.91. The first kappa shape index (κ1) is 11.7. The van der Waals surface area contributed by atoms with Crippen LogP contribution >= 0.6 is 0 Å². The summed E-state index contributed by atoms with van der Waals surface area (Å²) in [7, 11) is 0. The van der Waals surface area contributed by atoms with E-state index in [1.54, 1.807) is 0 Å². The smallest absolute Gasteiger partial charge is 0.222 e. The van der Waals surface area contributed by atoms with Gasteiger partial charge >= 0.3 is 0 Å². The summed E-state index contributed by atoms with van der Waals surface area (Å²) < 4.78 is 0. The van der Waals surface area contributed by atoms with E-state index in [-0.39, 0.29) is 5.95 Å². The number of nitrogen functional groups attached to an aromatic ring is 2. The minimum atomic E-state index is 0.193. The molecule has 21 heavy (non-hydrogen) atoms. The fraction of sp³-hybridized carbons (Fsp3) is 0. The largest absolute Gasteiger partial charge is 0.383 e. The van der Waals surface area contributed by atoms with Crippen molar-refractivity contribution in [2.24, 2.45) is 0 Å². The summed E-state index contributed by atoms with van der Waals surface area (Å²) in [6, 6.07) is 16.1. The van der Waals surface area contributed by atoms with E-state index in [4.69, 9.17) is 11.5 Å². The van der Waals surface area contributed by atoms with Crippen molar-refractivity contribution >= 4 is 33.6 Å². The molecular formula is C16H13N5. The molecule has 0 aliphatic heterocycles. The number of benzene rings is 2. The lowest BCUT2D eigenvalue weighted by Gasteiger charge is -2.03. The molecule has 2 aromatic carbocycles. The molecule has 0 fully saturated rings. The summed E-state index contributed by atoms with van der Waals surface area (Å²) in [5, 5.41) is 1.84. The molecule has 5 nitrogen and oxygen atoms in total. The van der Waals surface area contributed by atoms with Gasteiger partial charge in [-0.15, -0.1) is 0 Å². The molecule has 0 unspecified atom stereocenters. The van der Waals surface area contributed by atoms with Crippen LogP contribution < -0.4 is 11.5 Å². The number of nitrogens with zero attached hydrogens (tertiary/aromatic N) is 2. The zero-order valence-corrected chi connectivity index (χ0v) is 11.2. The lowest BCUT2D eigenvalue weighted by molar-refractivity contribution is 1.25. The summed E-state index contributed by atoms with van der Waals surface area (Å²) in [5.74, 6) is 0.597. The van der Waals surface area contributed by atoms with Crippen molar-refractivity contribution in [1.29, 1.82) is 0 Å². The summed E-state index contributed by atoms with van der Waals surface area (Å²) >= 11 is 0. The van der Waals surface area contributed by atoms with Crippen LogP contribution in [0.1, 0.15) is 0 Å². The molecule has 0 aliphatic rings. The number of nitrogens with one attached hydrogen (secondary N) is 1. The maximum Gasteiger partial charge on any atom is 0.222 e. The van der Waals surface area contributed by atoms with Crippen molar-refractivity contribution in [3.05, 3.63) is 48.5 Å². The van der Waals surface area contributed by atoms with Crippen LogP contribution in [0.5, 0.6) is 0 Å². The molecule has 5 N–H and O–H groups in total. The van der Waals surface area contributed by atoms with Gasteiger partial charge in [-0.3, -0.25) is 0 Å². The van der Waals surface area contributed by atoms with Crippen molar-refractivity contribution in [3.63, 3.8) is 0 Å². The summed E-state index contributed by atoms with van der Waals surface area (Å²) in [5.41, 5.74) is 15.6. The second-order valence-corrected chi connectivity index (χ2v) is 4.94. The van der Waals surface area contributed by atoms with Gasteiger partial charge < -0.3 is 16.5 Å². The van der Waals surface area contributed by atoms with Gasteiger partial charge in [0.1, 0.15) is 5.82 Å². The van der Waals surface area contributed by atoms with E-state index in [1.807, 2.05) is 30.3 Å². The predicted molar refractivity (Wildman–Crippen MR) is 85.7 cm³/mol. The normalized spacial score (nSPS) is 11.2. The second-order valence-electron chi connectivity index (χ2n) is 4.94. The molecule has 2 heterocycles. The third-order valence-corrected chi connectivity index (χ3v) is 3.59. The Morgan fingerprint density at radius 3 is 2.52 bits per heavy atom. The molecular weight excluding hydrogens is 262 g/mol. The Bertz CT molecular complexity index is 957. The van der Waals surface area contributed by atoms with Gasteiger partial charge in [0, 0.05) is 16.6 Å². The monoisotopic (exact) mass is 275 g/mol. The highest BCUT2D eigenvalue weighted by atomic mass is 15.0. The van der Waals surface area contributed by atoms with E-state index in [9.17, 15) is 0 Å². The number of rotatable bonds is 1. The van der Waals surface area contributed by atoms with E-state index in [0.29, 0.717) is 5.82 Å². The van der Waals surface area contributed by atoms with Gasteiger partial charge in [0.05, 0.1) is 10.9 Å². The standard InChI is InChI=1S/C16H13N5/c17-15-14-10-8-13(9-4-2-1-3-5-9)19-11(10)6-7-12(14)20-16(18)21-15/h1-8,19H,(H4,17,18,20,21). The second kappa shape index (κ2) is 4.21. The third-order valence-electron chi connectivity index (χ3n) is 3.59. The summed E-state index contributed by atoms with van der Waals surface area (Å²) in [6.45, 7) is 0. The number of hydrogen-bond acceptors (Lipinski definition) is 4. The van der Waals surface area contributed by atoms with Crippen LogP contribution in [0.4, 0.5) is 11.8 Å². The molecule has 2 aromatic heterocycles. The van der Waals surface area contributed by atoms with Gasteiger partial charge in [0.25, 0.3) is 0 Å². The van der Waals surface area contributed by atoms with Crippen molar-refractivity contribution in [2.75, 3.05) is 11.5 Å². The molecule has 0 bridgehead atoms. The SMILES string of the molecule is Nc1nc(N)c2c(ccc3[nH]c(-c4ccccc4)cc32)n1. The van der Waals surface area contributed by atoms with Crippen LogP contribution in [0.3, 0.4) is 0 Å². The van der Waals surface area contributed by atoms with Crippen molar-refractivity contribution in [3.8, 4) is 11.3 Å². The Morgan fingerprint density at radius 1 is 0.905 bits per heavy atom.